The van der Waals surface area contributed by atoms with Gasteiger partial charge in [0.15, 0.2) is 23.6 Å². The molecule has 0 spiro atoms. The maximum absolute atomic E-state index is 12.7. The normalized spacial score (nSPS) is 10.8. The van der Waals surface area contributed by atoms with E-state index in [1.807, 2.05) is 43.3 Å². The van der Waals surface area contributed by atoms with Gasteiger partial charge >= 0.3 is 0 Å². The lowest BCUT2D eigenvalue weighted by atomic mass is 10.1. The van der Waals surface area contributed by atoms with E-state index in [1.54, 1.807) is 24.0 Å². The number of anilines is 1. The van der Waals surface area contributed by atoms with Crippen LogP contribution >= 0.6 is 11.3 Å². The fraction of sp³-hybridized carbons (Fsp3) is 0.143. The summed E-state index contributed by atoms with van der Waals surface area (Å²) in [5.74, 6) is 0.102. The Labute approximate surface area is 171 Å². The van der Waals surface area contributed by atoms with Gasteiger partial charge in [0, 0.05) is 16.6 Å². The molecule has 29 heavy (non-hydrogen) atoms. The van der Waals surface area contributed by atoms with E-state index >= 15 is 0 Å². The molecule has 146 valence electrons. The Balaban J connectivity index is 1.47. The van der Waals surface area contributed by atoms with Crippen LogP contribution in [0, 0.1) is 6.92 Å². The molecule has 7 nitrogen and oxygen atoms in total. The lowest BCUT2D eigenvalue weighted by Crippen LogP contribution is -2.13. The summed E-state index contributed by atoms with van der Waals surface area (Å²) in [5, 5.41) is 7.08. The third-order valence-corrected chi connectivity index (χ3v) is 5.45. The minimum Gasteiger partial charge on any atom is -0.443 e. The van der Waals surface area contributed by atoms with Crippen molar-refractivity contribution >= 4 is 28.7 Å². The zero-order valence-electron chi connectivity index (χ0n) is 15.9. The van der Waals surface area contributed by atoms with E-state index in [2.05, 4.69) is 15.4 Å². The van der Waals surface area contributed by atoms with Gasteiger partial charge in [0.05, 0.1) is 23.3 Å². The molecule has 1 N–H and O–H groups in total. The topological polar surface area (TPSA) is 90.0 Å². The van der Waals surface area contributed by atoms with Crippen LogP contribution in [-0.2, 0) is 6.54 Å². The smallest absolute Gasteiger partial charge is 0.278 e. The number of aryl methyl sites for hydroxylation is 1. The summed E-state index contributed by atoms with van der Waals surface area (Å²) >= 11 is 1.44. The number of rotatable bonds is 6. The van der Waals surface area contributed by atoms with Gasteiger partial charge in [0.1, 0.15) is 0 Å². The Bertz CT molecular complexity index is 1190. The quantitative estimate of drug-likeness (QED) is 0.479. The number of hydrogen-bond donors (Lipinski definition) is 1. The summed E-state index contributed by atoms with van der Waals surface area (Å²) in [7, 11) is 0. The summed E-state index contributed by atoms with van der Waals surface area (Å²) in [5.41, 5.74) is 2.62. The highest BCUT2D eigenvalue weighted by atomic mass is 32.1. The Morgan fingerprint density at radius 3 is 2.86 bits per heavy atom. The van der Waals surface area contributed by atoms with Crippen LogP contribution in [0.15, 0.2) is 59.6 Å². The van der Waals surface area contributed by atoms with E-state index in [0.29, 0.717) is 18.0 Å². The number of nitrogens with one attached hydrogen (secondary N) is 1. The summed E-state index contributed by atoms with van der Waals surface area (Å²) in [6, 6.07) is 11.4. The number of ketones is 1. The lowest BCUT2D eigenvalue weighted by molar-refractivity contribution is 0.101. The molecular formula is C21H18N4O3S. The third-order valence-electron chi connectivity index (χ3n) is 4.28. The molecule has 0 saturated heterocycles. The van der Waals surface area contributed by atoms with Crippen molar-refractivity contribution in [1.29, 1.82) is 0 Å². The number of Topliss-reactive ketones (excluding diaryl/α,β-unsaturated/α-hetero) is 1. The van der Waals surface area contributed by atoms with Crippen molar-refractivity contribution in [3.8, 4) is 11.3 Å². The van der Waals surface area contributed by atoms with Gasteiger partial charge in [-0.15, -0.1) is 11.3 Å². The third kappa shape index (κ3) is 4.17. The van der Waals surface area contributed by atoms with E-state index in [9.17, 15) is 9.59 Å². The molecule has 8 heteroatoms. The highest BCUT2D eigenvalue weighted by Gasteiger charge is 2.19. The molecule has 0 atom stereocenters. The molecule has 0 aliphatic rings. The van der Waals surface area contributed by atoms with E-state index in [4.69, 9.17) is 4.42 Å². The largest absolute Gasteiger partial charge is 0.443 e. The van der Waals surface area contributed by atoms with E-state index in [0.717, 1.165) is 20.9 Å². The maximum Gasteiger partial charge on any atom is 0.278 e. The molecule has 0 saturated carbocycles. The Kier molecular flexibility index (Phi) is 5.09. The summed E-state index contributed by atoms with van der Waals surface area (Å²) in [6.45, 7) is 4.04. The maximum atomic E-state index is 12.7. The molecule has 0 fully saturated rings. The average molecular weight is 406 g/mol. The van der Waals surface area contributed by atoms with Crippen molar-refractivity contribution in [3.05, 3.63) is 76.2 Å². The van der Waals surface area contributed by atoms with Gasteiger partial charge in [-0.1, -0.05) is 23.8 Å². The monoisotopic (exact) mass is 406 g/mol. The number of hydrogen-bond acceptors (Lipinski definition) is 6. The van der Waals surface area contributed by atoms with Gasteiger partial charge in [-0.2, -0.15) is 5.10 Å². The van der Waals surface area contributed by atoms with Gasteiger partial charge < -0.3 is 9.73 Å². The van der Waals surface area contributed by atoms with Gasteiger partial charge in [-0.25, -0.2) is 4.98 Å². The fourth-order valence-electron chi connectivity index (χ4n) is 2.92. The Morgan fingerprint density at radius 1 is 1.24 bits per heavy atom. The predicted octanol–water partition coefficient (Wildman–Crippen LogP) is 4.41. The highest BCUT2D eigenvalue weighted by molar-refractivity contribution is 7.14. The fourth-order valence-corrected chi connectivity index (χ4v) is 3.81. The number of carbonyl (C=O) groups excluding carboxylic acids is 2. The molecular weight excluding hydrogens is 388 g/mol. The number of nitrogens with zero attached hydrogens (tertiary/aromatic N) is 3. The standard InChI is InChI=1S/C21H18N4O3S/c1-13-4-3-5-15(8-13)20-19(22-12-28-20)21(27)24-16-9-23-25(10-16)11-17-6-7-18(29-17)14(2)26/h3-10,12H,11H2,1-2H3,(H,24,27). The first-order valence-electron chi connectivity index (χ1n) is 8.93. The molecule has 1 amide bonds. The molecule has 1 aromatic carbocycles. The summed E-state index contributed by atoms with van der Waals surface area (Å²) in [6.07, 6.45) is 4.57. The minimum absolute atomic E-state index is 0.0479. The molecule has 4 aromatic rings. The van der Waals surface area contributed by atoms with Crippen LogP contribution in [0.4, 0.5) is 5.69 Å². The molecule has 0 aliphatic carbocycles. The Hall–Kier alpha value is -3.52. The van der Waals surface area contributed by atoms with Crippen LogP contribution in [0.25, 0.3) is 11.3 Å². The van der Waals surface area contributed by atoms with E-state index in [-0.39, 0.29) is 17.4 Å². The average Bonchev–Trinajstić information content (AvgIpc) is 3.42. The predicted molar refractivity (Wildman–Crippen MR) is 110 cm³/mol. The van der Waals surface area contributed by atoms with E-state index < -0.39 is 0 Å². The van der Waals surface area contributed by atoms with Crippen LogP contribution in [0.3, 0.4) is 0 Å². The second-order valence-corrected chi connectivity index (χ2v) is 7.77. The number of amides is 1. The molecule has 4 rings (SSSR count). The van der Waals surface area contributed by atoms with Crippen LogP contribution in [0.1, 0.15) is 37.5 Å². The first-order valence-corrected chi connectivity index (χ1v) is 9.75. The van der Waals surface area contributed by atoms with Gasteiger partial charge in [0.2, 0.25) is 0 Å². The zero-order valence-corrected chi connectivity index (χ0v) is 16.7. The number of carbonyl (C=O) groups is 2. The van der Waals surface area contributed by atoms with Crippen molar-refractivity contribution in [2.45, 2.75) is 20.4 Å². The van der Waals surface area contributed by atoms with Crippen molar-refractivity contribution in [1.82, 2.24) is 14.8 Å². The van der Waals surface area contributed by atoms with Crippen LogP contribution < -0.4 is 5.32 Å². The molecule has 0 bridgehead atoms. The first kappa shape index (κ1) is 18.8. The molecule has 0 unspecified atom stereocenters. The molecule has 0 radical (unpaired) electrons. The van der Waals surface area contributed by atoms with Crippen molar-refractivity contribution in [2.75, 3.05) is 5.32 Å². The molecule has 3 heterocycles. The molecule has 3 aromatic heterocycles. The number of thiophene rings is 1. The van der Waals surface area contributed by atoms with Crippen molar-refractivity contribution in [2.24, 2.45) is 0 Å². The highest BCUT2D eigenvalue weighted by Crippen LogP contribution is 2.25. The first-order chi connectivity index (χ1) is 14.0. The zero-order chi connectivity index (χ0) is 20.4. The second-order valence-electron chi connectivity index (χ2n) is 6.60. The van der Waals surface area contributed by atoms with Gasteiger partial charge in [0.25, 0.3) is 5.91 Å². The number of benzene rings is 1. The second kappa shape index (κ2) is 7.84. The minimum atomic E-state index is -0.371. The Morgan fingerprint density at radius 2 is 2.10 bits per heavy atom. The van der Waals surface area contributed by atoms with Crippen molar-refractivity contribution in [3.63, 3.8) is 0 Å². The molecule has 0 aliphatic heterocycles. The lowest BCUT2D eigenvalue weighted by Gasteiger charge is -2.03. The van der Waals surface area contributed by atoms with Crippen LogP contribution in [-0.4, -0.2) is 26.5 Å². The van der Waals surface area contributed by atoms with E-state index in [1.165, 1.54) is 17.7 Å². The number of oxazole rings is 1. The van der Waals surface area contributed by atoms with Crippen LogP contribution in [0.5, 0.6) is 0 Å². The van der Waals surface area contributed by atoms with Crippen molar-refractivity contribution < 1.29 is 14.0 Å². The number of aromatic nitrogens is 3. The van der Waals surface area contributed by atoms with Gasteiger partial charge in [-0.05, 0) is 32.0 Å². The summed E-state index contributed by atoms with van der Waals surface area (Å²) < 4.78 is 7.16. The summed E-state index contributed by atoms with van der Waals surface area (Å²) in [4.78, 5) is 29.9. The van der Waals surface area contributed by atoms with Crippen LogP contribution in [0.2, 0.25) is 0 Å². The SMILES string of the molecule is CC(=O)c1ccc(Cn2cc(NC(=O)c3ncoc3-c3cccc(C)c3)cn2)s1. The van der Waals surface area contributed by atoms with Gasteiger partial charge in [-0.3, -0.25) is 14.3 Å².